The van der Waals surface area contributed by atoms with Crippen LogP contribution >= 0.6 is 0 Å². The minimum absolute atomic E-state index is 0.00297. The van der Waals surface area contributed by atoms with Crippen LogP contribution in [0, 0.1) is 52.3 Å². The van der Waals surface area contributed by atoms with E-state index >= 15 is 0 Å². The Hall–Kier alpha value is -3.29. The van der Waals surface area contributed by atoms with Crippen LogP contribution in [0.3, 0.4) is 0 Å². The van der Waals surface area contributed by atoms with E-state index in [9.17, 15) is 49.5 Å². The predicted molar refractivity (Wildman–Crippen MR) is 260 cm³/mol. The van der Waals surface area contributed by atoms with Crippen molar-refractivity contribution in [3.8, 4) is 0 Å². The first-order chi connectivity index (χ1) is 35.5. The third kappa shape index (κ3) is 11.9. The largest absolute Gasteiger partial charge is 0.463 e. The Morgan fingerprint density at radius 3 is 2.00 bits per heavy atom. The first-order valence-corrected chi connectivity index (χ1v) is 27.5. The van der Waals surface area contributed by atoms with Gasteiger partial charge in [0.05, 0.1) is 50.5 Å². The Bertz CT molecular complexity index is 2020. The number of ketones is 1. The van der Waals surface area contributed by atoms with Gasteiger partial charge in [-0.15, -0.1) is 0 Å². The van der Waals surface area contributed by atoms with Gasteiger partial charge in [-0.1, -0.05) is 27.7 Å². The highest BCUT2D eigenvalue weighted by atomic mass is 16.8. The summed E-state index contributed by atoms with van der Waals surface area (Å²) in [6, 6.07) is 0. The van der Waals surface area contributed by atoms with Gasteiger partial charge in [-0.2, -0.15) is 0 Å². The number of carbonyl (C=O) groups is 5. The zero-order valence-corrected chi connectivity index (χ0v) is 44.8. The van der Waals surface area contributed by atoms with Gasteiger partial charge >= 0.3 is 24.1 Å². The maximum atomic E-state index is 14.7. The molecule has 0 unspecified atom stereocenters. The second-order valence-corrected chi connectivity index (χ2v) is 23.8. The van der Waals surface area contributed by atoms with Crippen molar-refractivity contribution in [2.75, 3.05) is 32.9 Å². The van der Waals surface area contributed by atoms with Crippen molar-refractivity contribution in [3.63, 3.8) is 0 Å². The third-order valence-corrected chi connectivity index (χ3v) is 18.4. The van der Waals surface area contributed by atoms with Crippen molar-refractivity contribution >= 4 is 29.9 Å². The fourth-order valence-electron chi connectivity index (χ4n) is 14.6. The van der Waals surface area contributed by atoms with Crippen LogP contribution in [0.15, 0.2) is 0 Å². The fourth-order valence-corrected chi connectivity index (χ4v) is 14.6. The molecular formula is C53H84N2O20. The summed E-state index contributed by atoms with van der Waals surface area (Å²) in [7, 11) is 0. The zero-order chi connectivity index (χ0) is 54.3. The van der Waals surface area contributed by atoms with Gasteiger partial charge in [-0.25, -0.2) is 9.59 Å². The normalized spacial score (nSPS) is 44.3. The summed E-state index contributed by atoms with van der Waals surface area (Å²) in [5, 5.41) is 61.1. The van der Waals surface area contributed by atoms with Crippen LogP contribution in [0.2, 0.25) is 0 Å². The van der Waals surface area contributed by atoms with E-state index in [1.807, 2.05) is 0 Å². The molecule has 75 heavy (non-hydrogen) atoms. The molecule has 22 heteroatoms. The summed E-state index contributed by atoms with van der Waals surface area (Å²) >= 11 is 0. The van der Waals surface area contributed by atoms with Crippen molar-refractivity contribution < 1.29 is 96.9 Å². The smallest absolute Gasteiger partial charge is 0.407 e. The summed E-state index contributed by atoms with van der Waals surface area (Å²) in [5.74, 6) is 0.407. The minimum atomic E-state index is -1.99. The van der Waals surface area contributed by atoms with Gasteiger partial charge in [-0.3, -0.25) is 14.4 Å². The Kier molecular flexibility index (Phi) is 18.2. The first kappa shape index (κ1) is 57.9. The van der Waals surface area contributed by atoms with E-state index in [1.54, 1.807) is 27.7 Å². The number of hydrogen-bond donors (Lipinski definition) is 7. The van der Waals surface area contributed by atoms with Gasteiger partial charge in [0, 0.05) is 43.2 Å². The van der Waals surface area contributed by atoms with E-state index in [1.165, 1.54) is 0 Å². The lowest BCUT2D eigenvalue weighted by molar-refractivity contribution is -0.363. The van der Waals surface area contributed by atoms with E-state index < -0.39 is 110 Å². The van der Waals surface area contributed by atoms with Crippen LogP contribution in [0.4, 0.5) is 9.59 Å². The lowest BCUT2D eigenvalue weighted by Gasteiger charge is -2.60. The molecule has 0 aromatic heterocycles. The summed E-state index contributed by atoms with van der Waals surface area (Å²) in [5.41, 5.74) is -0.584. The molecule has 0 radical (unpaired) electrons. The van der Waals surface area contributed by atoms with Crippen molar-refractivity contribution in [1.29, 1.82) is 0 Å². The molecule has 0 aromatic carbocycles. The van der Waals surface area contributed by atoms with Gasteiger partial charge in [0.2, 0.25) is 0 Å². The molecule has 8 aliphatic rings. The highest BCUT2D eigenvalue weighted by Gasteiger charge is 2.72. The van der Waals surface area contributed by atoms with Crippen molar-refractivity contribution in [3.05, 3.63) is 0 Å². The van der Waals surface area contributed by atoms with Crippen LogP contribution in [-0.2, 0) is 61.8 Å². The highest BCUT2D eigenvalue weighted by Crippen LogP contribution is 2.70. The molecule has 1 spiro atoms. The van der Waals surface area contributed by atoms with Gasteiger partial charge < -0.3 is 83.5 Å². The highest BCUT2D eigenvalue weighted by molar-refractivity contribution is 5.87. The molecular weight excluding hydrogens is 985 g/mol. The fraction of sp³-hybridized carbons (Fsp3) is 0.906. The molecule has 4 aliphatic heterocycles. The van der Waals surface area contributed by atoms with Crippen LogP contribution in [0.5, 0.6) is 0 Å². The van der Waals surface area contributed by atoms with Gasteiger partial charge in [0.25, 0.3) is 0 Å². The molecule has 0 aromatic rings. The molecule has 8 fully saturated rings. The molecule has 4 saturated carbocycles. The SMILES string of the molecule is CC(C)OC(=O)CCNC(=O)OC[C@H]1O[C@@H](O[C@H]2[C@H](O)[C@@H](O)[C@H](O[C@H]3CC[C@@]4(C)[C@@H](CC[C@@H]5[C@@H]4CC(=O)[C@]4(C)[C@@H]6[C@H](C[C@@H]54)O[C@]4(CC[C@@H](C)CO4)[C@H]6C)C3)O[C@@H]2CO)[C@H](O)[C@@H](O)[C@@H]1OC(=O)NCCC(=O)OC(C)C. The van der Waals surface area contributed by atoms with E-state index in [-0.39, 0.29) is 85.4 Å². The number of alkyl carbamates (subject to hydrolysis) is 2. The van der Waals surface area contributed by atoms with Crippen molar-refractivity contribution in [2.45, 2.75) is 218 Å². The topological polar surface area (TPSA) is 303 Å². The summed E-state index contributed by atoms with van der Waals surface area (Å²) in [4.78, 5) is 64.2. The van der Waals surface area contributed by atoms with E-state index in [2.05, 4.69) is 38.3 Å². The second kappa shape index (κ2) is 23.6. The number of aliphatic hydroxyl groups is 5. The second-order valence-electron chi connectivity index (χ2n) is 23.8. The monoisotopic (exact) mass is 1070 g/mol. The lowest BCUT2D eigenvalue weighted by atomic mass is 9.44. The molecule has 22 atom stereocenters. The average Bonchev–Trinajstić information content (AvgIpc) is 3.80. The molecule has 4 aliphatic carbocycles. The molecule has 2 amide bonds. The molecule has 22 nitrogen and oxygen atoms in total. The number of amides is 2. The van der Waals surface area contributed by atoms with Crippen LogP contribution in [-0.4, -0.2) is 180 Å². The summed E-state index contributed by atoms with van der Waals surface area (Å²) in [6.45, 7) is 14.5. The quantitative estimate of drug-likeness (QED) is 0.0664. The van der Waals surface area contributed by atoms with Gasteiger partial charge in [0.1, 0.15) is 55.1 Å². The number of esters is 2. The summed E-state index contributed by atoms with van der Waals surface area (Å²) < 4.78 is 58.6. The molecule has 7 N–H and O–H groups in total. The van der Waals surface area contributed by atoms with E-state index in [0.717, 1.165) is 38.5 Å². The third-order valence-electron chi connectivity index (χ3n) is 18.4. The van der Waals surface area contributed by atoms with E-state index in [0.29, 0.717) is 43.5 Å². The zero-order valence-electron chi connectivity index (χ0n) is 44.8. The number of carbonyl (C=O) groups excluding carboxylic acids is 5. The number of hydrogen-bond acceptors (Lipinski definition) is 20. The lowest BCUT2D eigenvalue weighted by Crippen LogP contribution is -2.65. The molecule has 4 heterocycles. The Morgan fingerprint density at radius 2 is 1.37 bits per heavy atom. The molecule has 8 rings (SSSR count). The van der Waals surface area contributed by atoms with Gasteiger partial charge in [0.15, 0.2) is 24.5 Å². The average molecular weight is 1070 g/mol. The van der Waals surface area contributed by atoms with Crippen molar-refractivity contribution in [2.24, 2.45) is 52.3 Å². The Labute approximate surface area is 439 Å². The molecule has 0 bridgehead atoms. The number of rotatable bonds is 16. The maximum absolute atomic E-state index is 14.7. The maximum Gasteiger partial charge on any atom is 0.407 e. The van der Waals surface area contributed by atoms with Crippen LogP contribution in [0.1, 0.15) is 126 Å². The number of aliphatic hydroxyl groups excluding tert-OH is 5. The molecule has 4 saturated heterocycles. The van der Waals surface area contributed by atoms with Gasteiger partial charge in [-0.05, 0) is 108 Å². The summed E-state index contributed by atoms with van der Waals surface area (Å²) in [6.07, 6.45) is -13.2. The first-order valence-electron chi connectivity index (χ1n) is 27.5. The van der Waals surface area contributed by atoms with Crippen LogP contribution < -0.4 is 10.6 Å². The number of nitrogens with one attached hydrogen (secondary N) is 2. The minimum Gasteiger partial charge on any atom is -0.463 e. The Balaban J connectivity index is 0.873. The number of fused-ring (bicyclic) bond motifs is 7. The van der Waals surface area contributed by atoms with E-state index in [4.69, 9.17) is 47.4 Å². The van der Waals surface area contributed by atoms with Crippen molar-refractivity contribution in [1.82, 2.24) is 10.6 Å². The van der Waals surface area contributed by atoms with Crippen LogP contribution in [0.25, 0.3) is 0 Å². The predicted octanol–water partition coefficient (Wildman–Crippen LogP) is 2.77. The Morgan fingerprint density at radius 1 is 0.747 bits per heavy atom. The number of Topliss-reactive ketones (excluding diaryl/α,β-unsaturated/α-hetero) is 1. The number of ether oxygens (including phenoxy) is 10. The standard InChI is InChI=1S/C53H84N2O20/c1-25(2)68-38(58)13-17-54-49(64)66-24-36-46(74-50(65)55-18-14-39(59)69-26(3)4)42(61)44(63)48(72-36)73-45-35(22-56)71-47(43(62)41(45)60)70-30-12-15-51(7)29(19-30)9-10-31-32(51)21-37(57)52(8)33(31)20-34-40(52)28(6)53(75-34)16-11-27(5)23-67-53/h25-36,40-48,56,60-63H,9-24H2,1-8H3,(H,54,64)(H,55,65)/t27-,28+,29+,30+,31-,32+,33+,34+,35-,36-,40+,41-,42-,43-,44-,45-,46-,47-,48+,51+,52-,53-/m1/s1. The molecule has 426 valence electrons.